The number of alkyl halides is 2. The van der Waals surface area contributed by atoms with Gasteiger partial charge in [0.1, 0.15) is 5.75 Å². The summed E-state index contributed by atoms with van der Waals surface area (Å²) in [6, 6.07) is 4.32. The number of urea groups is 1. The molecule has 0 aliphatic carbocycles. The average Bonchev–Trinajstić information content (AvgIpc) is 3.20. The number of anilines is 1. The summed E-state index contributed by atoms with van der Waals surface area (Å²) in [5, 5.41) is 16.5. The normalized spacial score (nSPS) is 17.3. The Kier molecular flexibility index (Phi) is 4.54. The molecule has 1 aliphatic heterocycles. The zero-order valence-corrected chi connectivity index (χ0v) is 12.9. The van der Waals surface area contributed by atoms with Gasteiger partial charge in [-0.1, -0.05) is 11.3 Å². The van der Waals surface area contributed by atoms with Crippen molar-refractivity contribution in [1.82, 2.24) is 25.5 Å². The van der Waals surface area contributed by atoms with Gasteiger partial charge in [0, 0.05) is 30.8 Å². The predicted molar refractivity (Wildman–Crippen MR) is 79.9 cm³/mol. The van der Waals surface area contributed by atoms with Crippen LogP contribution in [-0.4, -0.2) is 51.3 Å². The Balaban J connectivity index is 1.63. The summed E-state index contributed by atoms with van der Waals surface area (Å²) in [4.78, 5) is 13.9. The molecule has 2 amide bonds. The summed E-state index contributed by atoms with van der Waals surface area (Å²) in [5.41, 5.74) is 0.955. The second kappa shape index (κ2) is 6.77. The van der Waals surface area contributed by atoms with Gasteiger partial charge in [0.25, 0.3) is 0 Å². The molecule has 3 rings (SSSR count). The van der Waals surface area contributed by atoms with Gasteiger partial charge in [0.2, 0.25) is 0 Å². The molecule has 1 aliphatic rings. The van der Waals surface area contributed by atoms with Gasteiger partial charge in [-0.05, 0) is 25.0 Å². The van der Waals surface area contributed by atoms with E-state index in [-0.39, 0.29) is 17.7 Å². The van der Waals surface area contributed by atoms with Gasteiger partial charge in [-0.25, -0.2) is 4.79 Å². The number of hydrogen-bond acceptors (Lipinski definition) is 5. The van der Waals surface area contributed by atoms with E-state index < -0.39 is 6.61 Å². The molecule has 2 aromatic rings. The van der Waals surface area contributed by atoms with Crippen LogP contribution in [0.25, 0.3) is 0 Å². The zero-order chi connectivity index (χ0) is 17.1. The Labute approximate surface area is 136 Å². The molecule has 24 heavy (non-hydrogen) atoms. The van der Waals surface area contributed by atoms with Crippen LogP contribution in [0.15, 0.2) is 18.2 Å². The van der Waals surface area contributed by atoms with Gasteiger partial charge in [0.05, 0.1) is 0 Å². The fourth-order valence-electron chi connectivity index (χ4n) is 2.60. The molecule has 1 fully saturated rings. The lowest BCUT2D eigenvalue weighted by Gasteiger charge is -2.17. The second-order valence-corrected chi connectivity index (χ2v) is 5.49. The number of carbonyl (C=O) groups excluding carboxylic acids is 1. The van der Waals surface area contributed by atoms with Gasteiger partial charge in [-0.3, -0.25) is 0 Å². The largest absolute Gasteiger partial charge is 0.434 e. The zero-order valence-electron chi connectivity index (χ0n) is 12.9. The molecule has 0 bridgehead atoms. The minimum atomic E-state index is -2.91. The Hall–Kier alpha value is -2.78. The molecule has 0 radical (unpaired) electrons. The minimum absolute atomic E-state index is 0.0326. The molecule has 1 atom stereocenters. The first-order chi connectivity index (χ1) is 11.5. The van der Waals surface area contributed by atoms with E-state index in [0.29, 0.717) is 30.2 Å². The van der Waals surface area contributed by atoms with Gasteiger partial charge < -0.3 is 15.0 Å². The molecular weight excluding hydrogens is 322 g/mol. The molecule has 10 heteroatoms. The van der Waals surface area contributed by atoms with E-state index in [9.17, 15) is 13.6 Å². The summed E-state index contributed by atoms with van der Waals surface area (Å²) >= 11 is 0. The third-order valence-electron chi connectivity index (χ3n) is 3.86. The van der Waals surface area contributed by atoms with Crippen LogP contribution < -0.4 is 10.1 Å². The van der Waals surface area contributed by atoms with Crippen LogP contribution >= 0.6 is 0 Å². The Morgan fingerprint density at radius 2 is 2.33 bits per heavy atom. The van der Waals surface area contributed by atoms with Gasteiger partial charge in [0.15, 0.2) is 5.82 Å². The summed E-state index contributed by atoms with van der Waals surface area (Å²) < 4.78 is 29.2. The maximum atomic E-state index is 12.4. The SMILES string of the molecule is Cc1ccc(NC(=O)N2CCC(c3nn[nH]n3)C2)cc1OC(F)F. The van der Waals surface area contributed by atoms with Crippen molar-refractivity contribution < 1.29 is 18.3 Å². The van der Waals surface area contributed by atoms with E-state index in [1.54, 1.807) is 24.0 Å². The standard InChI is InChI=1S/C14H16F2N6O2/c1-8-2-3-10(6-11(8)24-13(15)16)17-14(23)22-5-4-9(7-22)12-18-20-21-19-12/h2-3,6,9,13H,4-5,7H2,1H3,(H,17,23)(H,18,19,20,21). The van der Waals surface area contributed by atoms with Crippen molar-refractivity contribution in [2.45, 2.75) is 25.9 Å². The van der Waals surface area contributed by atoms with Crippen LogP contribution in [0.5, 0.6) is 5.75 Å². The lowest BCUT2D eigenvalue weighted by molar-refractivity contribution is -0.0502. The number of likely N-dealkylation sites (tertiary alicyclic amines) is 1. The van der Waals surface area contributed by atoms with Crippen LogP contribution in [0.4, 0.5) is 19.3 Å². The van der Waals surface area contributed by atoms with Crippen molar-refractivity contribution in [3.05, 3.63) is 29.6 Å². The summed E-state index contributed by atoms with van der Waals surface area (Å²) in [6.07, 6.45) is 0.737. The maximum Gasteiger partial charge on any atom is 0.387 e. The number of aryl methyl sites for hydroxylation is 1. The Morgan fingerprint density at radius 3 is 3.04 bits per heavy atom. The van der Waals surface area contributed by atoms with E-state index >= 15 is 0 Å². The highest BCUT2D eigenvalue weighted by molar-refractivity contribution is 5.89. The van der Waals surface area contributed by atoms with Gasteiger partial charge >= 0.3 is 12.6 Å². The number of hydrogen-bond donors (Lipinski definition) is 2. The third-order valence-corrected chi connectivity index (χ3v) is 3.86. The van der Waals surface area contributed by atoms with E-state index in [1.807, 2.05) is 0 Å². The molecule has 0 spiro atoms. The average molecular weight is 338 g/mol. The number of aromatic amines is 1. The number of amides is 2. The lowest BCUT2D eigenvalue weighted by Crippen LogP contribution is -2.32. The Bertz CT molecular complexity index is 709. The van der Waals surface area contributed by atoms with Crippen LogP contribution in [0, 0.1) is 6.92 Å². The number of halogens is 2. The van der Waals surface area contributed by atoms with Crippen molar-refractivity contribution in [2.24, 2.45) is 0 Å². The molecular formula is C14H16F2N6O2. The molecule has 128 valence electrons. The number of nitrogens with zero attached hydrogens (tertiary/aromatic N) is 4. The molecule has 8 nitrogen and oxygen atoms in total. The molecule has 0 saturated carbocycles. The van der Waals surface area contributed by atoms with Crippen molar-refractivity contribution >= 4 is 11.7 Å². The van der Waals surface area contributed by atoms with Crippen LogP contribution in [-0.2, 0) is 0 Å². The number of H-pyrrole nitrogens is 1. The molecule has 2 heterocycles. The first-order valence-electron chi connectivity index (χ1n) is 7.37. The number of nitrogens with one attached hydrogen (secondary N) is 2. The number of ether oxygens (including phenoxy) is 1. The monoisotopic (exact) mass is 338 g/mol. The number of tetrazole rings is 1. The molecule has 1 aromatic carbocycles. The maximum absolute atomic E-state index is 12.4. The van der Waals surface area contributed by atoms with Crippen LogP contribution in [0.1, 0.15) is 23.7 Å². The smallest absolute Gasteiger partial charge is 0.387 e. The summed E-state index contributed by atoms with van der Waals surface area (Å²) in [7, 11) is 0. The number of benzene rings is 1. The fourth-order valence-corrected chi connectivity index (χ4v) is 2.60. The highest BCUT2D eigenvalue weighted by Crippen LogP contribution is 2.27. The van der Waals surface area contributed by atoms with Gasteiger partial charge in [-0.2, -0.15) is 14.0 Å². The summed E-state index contributed by atoms with van der Waals surface area (Å²) in [5.74, 6) is 0.646. The molecule has 1 saturated heterocycles. The fraction of sp³-hybridized carbons (Fsp3) is 0.429. The van der Waals surface area contributed by atoms with Crippen molar-refractivity contribution in [3.8, 4) is 5.75 Å². The van der Waals surface area contributed by atoms with Crippen LogP contribution in [0.3, 0.4) is 0 Å². The molecule has 1 aromatic heterocycles. The topological polar surface area (TPSA) is 96.0 Å². The van der Waals surface area contributed by atoms with Crippen LogP contribution in [0.2, 0.25) is 0 Å². The van der Waals surface area contributed by atoms with E-state index in [0.717, 1.165) is 6.42 Å². The van der Waals surface area contributed by atoms with E-state index in [1.165, 1.54) is 6.07 Å². The number of aromatic nitrogens is 4. The molecule has 2 N–H and O–H groups in total. The quantitative estimate of drug-likeness (QED) is 0.890. The highest BCUT2D eigenvalue weighted by Gasteiger charge is 2.30. The molecule has 1 unspecified atom stereocenters. The first kappa shape index (κ1) is 16.1. The number of rotatable bonds is 4. The third kappa shape index (κ3) is 3.58. The lowest BCUT2D eigenvalue weighted by atomic mass is 10.1. The number of carbonyl (C=O) groups is 1. The minimum Gasteiger partial charge on any atom is -0.434 e. The second-order valence-electron chi connectivity index (χ2n) is 5.49. The van der Waals surface area contributed by atoms with E-state index in [2.05, 4.69) is 30.7 Å². The Morgan fingerprint density at radius 1 is 1.50 bits per heavy atom. The van der Waals surface area contributed by atoms with Gasteiger partial charge in [-0.15, -0.1) is 10.2 Å². The van der Waals surface area contributed by atoms with E-state index in [4.69, 9.17) is 0 Å². The van der Waals surface area contributed by atoms with Crippen molar-refractivity contribution in [3.63, 3.8) is 0 Å². The predicted octanol–water partition coefficient (Wildman–Crippen LogP) is 2.13. The highest BCUT2D eigenvalue weighted by atomic mass is 19.3. The summed E-state index contributed by atoms with van der Waals surface area (Å²) in [6.45, 7) is -0.238. The van der Waals surface area contributed by atoms with Crippen molar-refractivity contribution in [1.29, 1.82) is 0 Å². The van der Waals surface area contributed by atoms with Crippen molar-refractivity contribution in [2.75, 3.05) is 18.4 Å². The first-order valence-corrected chi connectivity index (χ1v) is 7.37.